The molecule has 2 atom stereocenters. The fourth-order valence-corrected chi connectivity index (χ4v) is 3.36. The first-order valence-electron chi connectivity index (χ1n) is 7.15. The SMILES string of the molecule is CC(C)(C)C(NC(=O)C1CSCCN1)c1ccccc1. The Kier molecular flexibility index (Phi) is 5.11. The molecule has 0 aliphatic carbocycles. The second-order valence-electron chi connectivity index (χ2n) is 6.30. The Morgan fingerprint density at radius 2 is 2.05 bits per heavy atom. The van der Waals surface area contributed by atoms with Crippen molar-refractivity contribution < 1.29 is 4.79 Å². The van der Waals surface area contributed by atoms with Crippen LogP contribution in [0, 0.1) is 5.41 Å². The molecule has 1 amide bonds. The molecular formula is C16H24N2OS. The van der Waals surface area contributed by atoms with E-state index in [1.54, 1.807) is 0 Å². The molecule has 1 aliphatic rings. The molecule has 0 saturated carbocycles. The molecule has 110 valence electrons. The first-order valence-corrected chi connectivity index (χ1v) is 8.30. The molecule has 0 spiro atoms. The highest BCUT2D eigenvalue weighted by molar-refractivity contribution is 7.99. The van der Waals surface area contributed by atoms with Gasteiger partial charge in [0.1, 0.15) is 0 Å². The summed E-state index contributed by atoms with van der Waals surface area (Å²) in [5.41, 5.74) is 1.15. The van der Waals surface area contributed by atoms with E-state index in [2.05, 4.69) is 43.5 Å². The predicted octanol–water partition coefficient (Wildman–Crippen LogP) is 2.60. The van der Waals surface area contributed by atoms with E-state index < -0.39 is 0 Å². The molecule has 0 radical (unpaired) electrons. The van der Waals surface area contributed by atoms with Crippen LogP contribution >= 0.6 is 11.8 Å². The monoisotopic (exact) mass is 292 g/mol. The molecule has 4 heteroatoms. The van der Waals surface area contributed by atoms with Gasteiger partial charge >= 0.3 is 0 Å². The molecule has 2 rings (SSSR count). The molecule has 3 nitrogen and oxygen atoms in total. The van der Waals surface area contributed by atoms with Gasteiger partial charge in [0.05, 0.1) is 12.1 Å². The maximum absolute atomic E-state index is 12.4. The van der Waals surface area contributed by atoms with Crippen LogP contribution in [0.1, 0.15) is 32.4 Å². The van der Waals surface area contributed by atoms with Crippen molar-refractivity contribution in [2.45, 2.75) is 32.9 Å². The van der Waals surface area contributed by atoms with Crippen molar-refractivity contribution in [1.29, 1.82) is 0 Å². The zero-order valence-corrected chi connectivity index (χ0v) is 13.3. The standard InChI is InChI=1S/C16H24N2OS/c1-16(2,3)14(12-7-5-4-6-8-12)18-15(19)13-11-20-10-9-17-13/h4-8,13-14,17H,9-11H2,1-3H3,(H,18,19). The Bertz CT molecular complexity index is 436. The first-order chi connectivity index (χ1) is 9.48. The van der Waals surface area contributed by atoms with E-state index in [4.69, 9.17) is 0 Å². The lowest BCUT2D eigenvalue weighted by molar-refractivity contribution is -0.124. The third kappa shape index (κ3) is 4.00. The maximum Gasteiger partial charge on any atom is 0.238 e. The lowest BCUT2D eigenvalue weighted by Crippen LogP contribution is -2.51. The molecule has 1 aromatic carbocycles. The van der Waals surface area contributed by atoms with Crippen molar-refractivity contribution in [3.63, 3.8) is 0 Å². The highest BCUT2D eigenvalue weighted by Gasteiger charge is 2.30. The van der Waals surface area contributed by atoms with Crippen LogP contribution in [-0.4, -0.2) is 30.0 Å². The highest BCUT2D eigenvalue weighted by atomic mass is 32.2. The van der Waals surface area contributed by atoms with E-state index in [0.29, 0.717) is 0 Å². The summed E-state index contributed by atoms with van der Waals surface area (Å²) in [6.45, 7) is 7.39. The minimum Gasteiger partial charge on any atom is -0.347 e. The van der Waals surface area contributed by atoms with Crippen molar-refractivity contribution in [3.05, 3.63) is 35.9 Å². The molecule has 1 aromatic rings. The van der Waals surface area contributed by atoms with Gasteiger partial charge in [-0.2, -0.15) is 11.8 Å². The van der Waals surface area contributed by atoms with Crippen LogP contribution in [0.3, 0.4) is 0 Å². The van der Waals surface area contributed by atoms with Crippen LogP contribution < -0.4 is 10.6 Å². The smallest absolute Gasteiger partial charge is 0.238 e. The van der Waals surface area contributed by atoms with Gasteiger partial charge in [0.25, 0.3) is 0 Å². The summed E-state index contributed by atoms with van der Waals surface area (Å²) in [5.74, 6) is 2.06. The molecule has 2 N–H and O–H groups in total. The van der Waals surface area contributed by atoms with Crippen molar-refractivity contribution in [3.8, 4) is 0 Å². The summed E-state index contributed by atoms with van der Waals surface area (Å²) in [7, 11) is 0. The van der Waals surface area contributed by atoms with Crippen LogP contribution in [-0.2, 0) is 4.79 Å². The second-order valence-corrected chi connectivity index (χ2v) is 7.45. The summed E-state index contributed by atoms with van der Waals surface area (Å²) < 4.78 is 0. The highest BCUT2D eigenvalue weighted by Crippen LogP contribution is 2.32. The molecule has 2 unspecified atom stereocenters. The number of carbonyl (C=O) groups is 1. The third-order valence-electron chi connectivity index (χ3n) is 3.52. The second kappa shape index (κ2) is 6.64. The minimum absolute atomic E-state index is 0.0151. The van der Waals surface area contributed by atoms with Crippen molar-refractivity contribution >= 4 is 17.7 Å². The van der Waals surface area contributed by atoms with E-state index in [1.165, 1.54) is 0 Å². The molecule has 20 heavy (non-hydrogen) atoms. The van der Waals surface area contributed by atoms with Gasteiger partial charge in [-0.15, -0.1) is 0 Å². The predicted molar refractivity (Wildman–Crippen MR) is 85.9 cm³/mol. The van der Waals surface area contributed by atoms with Crippen LogP contribution in [0.25, 0.3) is 0 Å². The summed E-state index contributed by atoms with van der Waals surface area (Å²) >= 11 is 1.84. The number of amides is 1. The normalized spacial score (nSPS) is 21.2. The Hall–Kier alpha value is -1.00. The number of nitrogens with one attached hydrogen (secondary N) is 2. The van der Waals surface area contributed by atoms with Crippen molar-refractivity contribution in [1.82, 2.24) is 10.6 Å². The summed E-state index contributed by atoms with van der Waals surface area (Å²) in [4.78, 5) is 12.4. The van der Waals surface area contributed by atoms with E-state index in [-0.39, 0.29) is 23.4 Å². The van der Waals surface area contributed by atoms with Crippen LogP contribution in [0.15, 0.2) is 30.3 Å². The van der Waals surface area contributed by atoms with Gasteiger partial charge in [-0.25, -0.2) is 0 Å². The molecule has 1 heterocycles. The van der Waals surface area contributed by atoms with Gasteiger partial charge in [0, 0.05) is 18.1 Å². The number of benzene rings is 1. The van der Waals surface area contributed by atoms with E-state index in [0.717, 1.165) is 23.6 Å². The van der Waals surface area contributed by atoms with Gasteiger partial charge in [0.2, 0.25) is 5.91 Å². The Morgan fingerprint density at radius 1 is 1.35 bits per heavy atom. The first kappa shape index (κ1) is 15.4. The van der Waals surface area contributed by atoms with Crippen molar-refractivity contribution in [2.24, 2.45) is 5.41 Å². The Morgan fingerprint density at radius 3 is 2.60 bits per heavy atom. The van der Waals surface area contributed by atoms with Crippen LogP contribution in [0.4, 0.5) is 0 Å². The van der Waals surface area contributed by atoms with Gasteiger partial charge in [0.15, 0.2) is 0 Å². The average Bonchev–Trinajstić information content (AvgIpc) is 2.45. The van der Waals surface area contributed by atoms with Gasteiger partial charge in [-0.1, -0.05) is 51.1 Å². The summed E-state index contributed by atoms with van der Waals surface area (Å²) in [5, 5.41) is 6.52. The molecule has 0 bridgehead atoms. The topological polar surface area (TPSA) is 41.1 Å². The number of hydrogen-bond donors (Lipinski definition) is 2. The average molecular weight is 292 g/mol. The fourth-order valence-electron chi connectivity index (χ4n) is 2.42. The van der Waals surface area contributed by atoms with E-state index in [9.17, 15) is 4.79 Å². The fraction of sp³-hybridized carbons (Fsp3) is 0.562. The minimum atomic E-state index is -0.0673. The number of carbonyl (C=O) groups excluding carboxylic acids is 1. The Labute approximate surface area is 125 Å². The molecule has 1 aliphatic heterocycles. The van der Waals surface area contributed by atoms with Crippen LogP contribution in [0.2, 0.25) is 0 Å². The number of hydrogen-bond acceptors (Lipinski definition) is 3. The number of rotatable bonds is 3. The third-order valence-corrected chi connectivity index (χ3v) is 4.59. The van der Waals surface area contributed by atoms with Gasteiger partial charge in [-0.3, -0.25) is 4.79 Å². The lowest BCUT2D eigenvalue weighted by Gasteiger charge is -2.34. The Balaban J connectivity index is 2.10. The van der Waals surface area contributed by atoms with E-state index in [1.807, 2.05) is 30.0 Å². The largest absolute Gasteiger partial charge is 0.347 e. The van der Waals surface area contributed by atoms with Crippen molar-refractivity contribution in [2.75, 3.05) is 18.1 Å². The zero-order chi connectivity index (χ0) is 14.6. The quantitative estimate of drug-likeness (QED) is 0.900. The zero-order valence-electron chi connectivity index (χ0n) is 12.5. The molecular weight excluding hydrogens is 268 g/mol. The van der Waals surface area contributed by atoms with E-state index >= 15 is 0 Å². The van der Waals surface area contributed by atoms with Crippen LogP contribution in [0.5, 0.6) is 0 Å². The molecule has 1 saturated heterocycles. The number of thioether (sulfide) groups is 1. The molecule has 0 aromatic heterocycles. The summed E-state index contributed by atoms with van der Waals surface area (Å²) in [6, 6.07) is 10.2. The van der Waals surface area contributed by atoms with Gasteiger partial charge in [-0.05, 0) is 11.0 Å². The van der Waals surface area contributed by atoms with Gasteiger partial charge < -0.3 is 10.6 Å². The summed E-state index contributed by atoms with van der Waals surface area (Å²) in [6.07, 6.45) is 0. The molecule has 1 fully saturated rings. The lowest BCUT2D eigenvalue weighted by atomic mass is 9.82. The maximum atomic E-state index is 12.4.